The number of aromatic amines is 1. The van der Waals surface area contributed by atoms with E-state index in [2.05, 4.69) is 58.9 Å². The van der Waals surface area contributed by atoms with Crippen LogP contribution in [-0.4, -0.2) is 23.5 Å². The molecule has 5 rings (SSSR count). The number of aliphatic hydroxyl groups excluding tert-OH is 1. The van der Waals surface area contributed by atoms with E-state index in [4.69, 9.17) is 9.47 Å². The van der Waals surface area contributed by atoms with Gasteiger partial charge in [-0.05, 0) is 53.1 Å². The molecule has 0 fully saturated rings. The predicted molar refractivity (Wildman–Crippen MR) is 117 cm³/mol. The smallest absolute Gasteiger partial charge is 0.231 e. The zero-order valence-electron chi connectivity index (χ0n) is 15.9. The van der Waals surface area contributed by atoms with E-state index in [0.717, 1.165) is 46.0 Å². The van der Waals surface area contributed by atoms with Crippen LogP contribution in [0.2, 0.25) is 0 Å². The summed E-state index contributed by atoms with van der Waals surface area (Å²) in [6.45, 7) is 0.421. The minimum atomic E-state index is 0.161. The third-order valence-corrected chi connectivity index (χ3v) is 6.07. The number of fused-ring (bicyclic) bond motifs is 1. The third-order valence-electron chi connectivity index (χ3n) is 5.18. The minimum Gasteiger partial charge on any atom is -0.454 e. The molecule has 4 aromatic rings. The lowest BCUT2D eigenvalue weighted by molar-refractivity contribution is 0.174. The Morgan fingerprint density at radius 3 is 2.55 bits per heavy atom. The predicted octanol–water partition coefficient (Wildman–Crippen LogP) is 5.73. The average molecular weight is 404 g/mol. The molecule has 0 unspecified atom stereocenters. The molecule has 1 aliphatic heterocycles. The lowest BCUT2D eigenvalue weighted by atomic mass is 9.94. The Bertz CT molecular complexity index is 1120. The number of hydrogen-bond donors (Lipinski definition) is 2. The summed E-state index contributed by atoms with van der Waals surface area (Å²) in [5, 5.41) is 11.6. The highest BCUT2D eigenvalue weighted by molar-refractivity contribution is 7.13. The van der Waals surface area contributed by atoms with Crippen molar-refractivity contribution in [1.82, 2.24) is 4.98 Å². The van der Waals surface area contributed by atoms with Gasteiger partial charge in [0.15, 0.2) is 11.5 Å². The first-order valence-corrected chi connectivity index (χ1v) is 10.6. The molecule has 2 aromatic heterocycles. The first-order valence-electron chi connectivity index (χ1n) is 9.70. The van der Waals surface area contributed by atoms with Crippen molar-refractivity contribution in [2.45, 2.75) is 12.8 Å². The van der Waals surface area contributed by atoms with E-state index in [9.17, 15) is 5.11 Å². The molecule has 146 valence electrons. The summed E-state index contributed by atoms with van der Waals surface area (Å²) in [5.74, 6) is 1.55. The molecular weight excluding hydrogens is 382 g/mol. The van der Waals surface area contributed by atoms with Gasteiger partial charge >= 0.3 is 0 Å². The van der Waals surface area contributed by atoms with E-state index in [-0.39, 0.29) is 13.4 Å². The first kappa shape index (κ1) is 18.0. The van der Waals surface area contributed by atoms with Crippen molar-refractivity contribution in [2.24, 2.45) is 0 Å². The van der Waals surface area contributed by atoms with Gasteiger partial charge in [-0.15, -0.1) is 11.3 Å². The molecular formula is C24H21NO3S. The Kier molecular flexibility index (Phi) is 4.84. The third kappa shape index (κ3) is 3.33. The summed E-state index contributed by atoms with van der Waals surface area (Å²) < 4.78 is 11.1. The van der Waals surface area contributed by atoms with Crippen molar-refractivity contribution < 1.29 is 14.6 Å². The van der Waals surface area contributed by atoms with E-state index in [1.807, 2.05) is 12.1 Å². The largest absolute Gasteiger partial charge is 0.454 e. The molecule has 29 heavy (non-hydrogen) atoms. The monoisotopic (exact) mass is 403 g/mol. The zero-order chi connectivity index (χ0) is 19.6. The van der Waals surface area contributed by atoms with Crippen LogP contribution in [0, 0.1) is 0 Å². The standard InChI is InChI=1S/C24H21NO3S/c26-12-4-8-18-22(17-10-11-19-20(14-17)28-15-27-19)24(21-9-5-13-29-21)25-23(18)16-6-2-1-3-7-16/h1-3,5-7,9-11,13-14,25-26H,4,8,12,15H2. The van der Waals surface area contributed by atoms with E-state index in [1.165, 1.54) is 10.4 Å². The fraction of sp³-hybridized carbons (Fsp3) is 0.167. The average Bonchev–Trinajstić information content (AvgIpc) is 3.51. The fourth-order valence-electron chi connectivity index (χ4n) is 3.87. The molecule has 0 radical (unpaired) electrons. The van der Waals surface area contributed by atoms with Crippen molar-refractivity contribution in [3.05, 3.63) is 71.6 Å². The van der Waals surface area contributed by atoms with Gasteiger partial charge in [0.1, 0.15) is 0 Å². The van der Waals surface area contributed by atoms with E-state index in [1.54, 1.807) is 11.3 Å². The SMILES string of the molecule is OCCCc1c(-c2ccccc2)[nH]c(-c2cccs2)c1-c1ccc2c(c1)OCO2. The summed E-state index contributed by atoms with van der Waals surface area (Å²) in [7, 11) is 0. The van der Waals surface area contributed by atoms with Crippen molar-refractivity contribution in [2.75, 3.05) is 13.4 Å². The molecule has 5 heteroatoms. The normalized spacial score (nSPS) is 12.4. The Balaban J connectivity index is 1.75. The number of hydrogen-bond acceptors (Lipinski definition) is 4. The van der Waals surface area contributed by atoms with Gasteiger partial charge in [-0.25, -0.2) is 0 Å². The van der Waals surface area contributed by atoms with Crippen molar-refractivity contribution >= 4 is 11.3 Å². The van der Waals surface area contributed by atoms with Crippen LogP contribution in [0.4, 0.5) is 0 Å². The van der Waals surface area contributed by atoms with Crippen LogP contribution in [-0.2, 0) is 6.42 Å². The topological polar surface area (TPSA) is 54.5 Å². The van der Waals surface area contributed by atoms with Crippen molar-refractivity contribution in [3.63, 3.8) is 0 Å². The number of aromatic nitrogens is 1. The summed E-state index contributed by atoms with van der Waals surface area (Å²) in [6, 6.07) is 20.7. The maximum absolute atomic E-state index is 9.52. The minimum absolute atomic E-state index is 0.161. The molecule has 0 atom stereocenters. The molecule has 2 aromatic carbocycles. The molecule has 0 amide bonds. The number of thiophene rings is 1. The van der Waals surface area contributed by atoms with Gasteiger partial charge in [0, 0.05) is 17.9 Å². The molecule has 2 N–H and O–H groups in total. The quantitative estimate of drug-likeness (QED) is 0.432. The van der Waals surface area contributed by atoms with Crippen LogP contribution in [0.25, 0.3) is 33.0 Å². The Morgan fingerprint density at radius 1 is 0.897 bits per heavy atom. The van der Waals surface area contributed by atoms with Crippen LogP contribution in [0.15, 0.2) is 66.0 Å². The van der Waals surface area contributed by atoms with Crippen LogP contribution in [0.1, 0.15) is 12.0 Å². The lowest BCUT2D eigenvalue weighted by Gasteiger charge is -2.10. The molecule has 3 heterocycles. The Morgan fingerprint density at radius 2 is 1.76 bits per heavy atom. The Labute approximate surface area is 173 Å². The van der Waals surface area contributed by atoms with Gasteiger partial charge in [-0.1, -0.05) is 42.5 Å². The first-order chi connectivity index (χ1) is 14.3. The Hall–Kier alpha value is -3.02. The number of rotatable bonds is 6. The van der Waals surface area contributed by atoms with Gasteiger partial charge in [0.05, 0.1) is 10.6 Å². The molecule has 1 aliphatic rings. The van der Waals surface area contributed by atoms with Gasteiger partial charge in [0.25, 0.3) is 0 Å². The van der Waals surface area contributed by atoms with Crippen molar-refractivity contribution in [1.29, 1.82) is 0 Å². The summed E-state index contributed by atoms with van der Waals surface area (Å²) in [4.78, 5) is 4.89. The highest BCUT2D eigenvalue weighted by Crippen LogP contribution is 2.45. The second-order valence-electron chi connectivity index (χ2n) is 6.97. The molecule has 0 aliphatic carbocycles. The maximum atomic E-state index is 9.52. The summed E-state index contributed by atoms with van der Waals surface area (Å²) >= 11 is 1.71. The maximum Gasteiger partial charge on any atom is 0.231 e. The summed E-state index contributed by atoms with van der Waals surface area (Å²) in [5.41, 5.74) is 6.82. The van der Waals surface area contributed by atoms with Gasteiger partial charge in [-0.3, -0.25) is 0 Å². The highest BCUT2D eigenvalue weighted by atomic mass is 32.1. The van der Waals surface area contributed by atoms with Crippen LogP contribution in [0.5, 0.6) is 11.5 Å². The number of aliphatic hydroxyl groups is 1. The molecule has 0 saturated heterocycles. The van der Waals surface area contributed by atoms with Gasteiger partial charge in [0.2, 0.25) is 6.79 Å². The molecule has 0 spiro atoms. The summed E-state index contributed by atoms with van der Waals surface area (Å²) in [6.07, 6.45) is 1.49. The fourth-order valence-corrected chi connectivity index (χ4v) is 4.60. The van der Waals surface area contributed by atoms with Crippen molar-refractivity contribution in [3.8, 4) is 44.5 Å². The number of H-pyrrole nitrogens is 1. The zero-order valence-corrected chi connectivity index (χ0v) is 16.7. The number of nitrogens with one attached hydrogen (secondary N) is 1. The van der Waals surface area contributed by atoms with E-state index in [0.29, 0.717) is 6.42 Å². The second-order valence-corrected chi connectivity index (χ2v) is 7.91. The highest BCUT2D eigenvalue weighted by Gasteiger charge is 2.23. The second kappa shape index (κ2) is 7.78. The lowest BCUT2D eigenvalue weighted by Crippen LogP contribution is -1.94. The van der Waals surface area contributed by atoms with Gasteiger partial charge in [-0.2, -0.15) is 0 Å². The van der Waals surface area contributed by atoms with E-state index < -0.39 is 0 Å². The number of ether oxygens (including phenoxy) is 2. The van der Waals surface area contributed by atoms with Crippen LogP contribution >= 0.6 is 11.3 Å². The van der Waals surface area contributed by atoms with Gasteiger partial charge < -0.3 is 19.6 Å². The molecule has 0 bridgehead atoms. The molecule has 0 saturated carbocycles. The number of benzene rings is 2. The van der Waals surface area contributed by atoms with Crippen LogP contribution < -0.4 is 9.47 Å². The van der Waals surface area contributed by atoms with Crippen LogP contribution in [0.3, 0.4) is 0 Å². The van der Waals surface area contributed by atoms with E-state index >= 15 is 0 Å². The molecule has 4 nitrogen and oxygen atoms in total.